The van der Waals surface area contributed by atoms with Crippen LogP contribution in [0.25, 0.3) is 0 Å². The van der Waals surface area contributed by atoms with Crippen LogP contribution in [0.1, 0.15) is 48.7 Å². The Kier molecular flexibility index (Phi) is 11.4. The van der Waals surface area contributed by atoms with Gasteiger partial charge in [0, 0.05) is 31.1 Å². The molecule has 0 radical (unpaired) electrons. The fourth-order valence-corrected chi connectivity index (χ4v) is 3.73. The number of hydrogen-bond donors (Lipinski definition) is 2. The summed E-state index contributed by atoms with van der Waals surface area (Å²) < 4.78 is 5.07. The molecular weight excluding hydrogens is 428 g/mol. The number of nitrogens with one attached hydrogen (secondary N) is 2. The fourth-order valence-electron chi connectivity index (χ4n) is 3.00. The topological polar surface area (TPSA) is 101 Å². The Morgan fingerprint density at radius 1 is 1.09 bits per heavy atom. The highest BCUT2D eigenvalue weighted by molar-refractivity contribution is 7.13. The van der Waals surface area contributed by atoms with E-state index < -0.39 is 0 Å². The van der Waals surface area contributed by atoms with Gasteiger partial charge in [0.1, 0.15) is 6.54 Å². The minimum absolute atomic E-state index is 0.0797. The summed E-state index contributed by atoms with van der Waals surface area (Å²) in [6, 6.07) is 8.81. The van der Waals surface area contributed by atoms with Crippen molar-refractivity contribution in [3.05, 3.63) is 47.0 Å². The first-order chi connectivity index (χ1) is 15.5. The van der Waals surface area contributed by atoms with Gasteiger partial charge in [0.15, 0.2) is 5.13 Å². The minimum Gasteiger partial charge on any atom is -0.383 e. The van der Waals surface area contributed by atoms with Gasteiger partial charge in [0.25, 0.3) is 5.91 Å². The van der Waals surface area contributed by atoms with Gasteiger partial charge >= 0.3 is 0 Å². The Balaban J connectivity index is 1.85. The molecule has 0 saturated carbocycles. The highest BCUT2D eigenvalue weighted by atomic mass is 32.1. The lowest BCUT2D eigenvalue weighted by Gasteiger charge is -2.21. The third-order valence-electron chi connectivity index (χ3n) is 4.70. The van der Waals surface area contributed by atoms with Gasteiger partial charge in [-0.25, -0.2) is 4.98 Å². The van der Waals surface area contributed by atoms with Gasteiger partial charge in [-0.1, -0.05) is 44.4 Å². The minimum atomic E-state index is -0.355. The van der Waals surface area contributed by atoms with Crippen LogP contribution in [-0.2, 0) is 20.7 Å². The van der Waals surface area contributed by atoms with E-state index >= 15 is 0 Å². The van der Waals surface area contributed by atoms with Gasteiger partial charge in [0.2, 0.25) is 11.8 Å². The summed E-state index contributed by atoms with van der Waals surface area (Å²) >= 11 is 1.25. The number of aromatic nitrogens is 1. The molecule has 1 aromatic heterocycles. The van der Waals surface area contributed by atoms with E-state index in [1.165, 1.54) is 22.7 Å². The van der Waals surface area contributed by atoms with Crippen LogP contribution < -0.4 is 10.6 Å². The third-order valence-corrected chi connectivity index (χ3v) is 5.51. The first-order valence-corrected chi connectivity index (χ1v) is 11.8. The third kappa shape index (κ3) is 9.15. The summed E-state index contributed by atoms with van der Waals surface area (Å²) in [4.78, 5) is 43.1. The Morgan fingerprint density at radius 2 is 1.88 bits per heavy atom. The van der Waals surface area contributed by atoms with E-state index in [2.05, 4.69) is 22.5 Å². The fraction of sp³-hybridized carbons (Fsp3) is 0.478. The Morgan fingerprint density at radius 3 is 2.59 bits per heavy atom. The predicted octanol–water partition coefficient (Wildman–Crippen LogP) is 3.11. The van der Waals surface area contributed by atoms with Gasteiger partial charge in [0.05, 0.1) is 18.7 Å². The van der Waals surface area contributed by atoms with Crippen LogP contribution >= 0.6 is 11.3 Å². The number of thiazole rings is 1. The molecule has 0 fully saturated rings. The molecule has 3 amide bonds. The predicted molar refractivity (Wildman–Crippen MR) is 126 cm³/mol. The second kappa shape index (κ2) is 14.3. The molecule has 2 N–H and O–H groups in total. The number of amides is 3. The zero-order valence-electron chi connectivity index (χ0n) is 18.8. The van der Waals surface area contributed by atoms with E-state index in [0.717, 1.165) is 19.3 Å². The zero-order valence-corrected chi connectivity index (χ0v) is 19.6. The first-order valence-electron chi connectivity index (χ1n) is 10.9. The number of rotatable bonds is 14. The molecule has 9 heteroatoms. The summed E-state index contributed by atoms with van der Waals surface area (Å²) in [7, 11) is 1.55. The maximum absolute atomic E-state index is 12.7. The summed E-state index contributed by atoms with van der Waals surface area (Å²) in [5, 5.41) is 7.77. The molecule has 0 saturated heterocycles. The Bertz CT molecular complexity index is 857. The van der Waals surface area contributed by atoms with Gasteiger partial charge in [-0.2, -0.15) is 0 Å². The lowest BCUT2D eigenvalue weighted by Crippen LogP contribution is -2.40. The molecule has 32 heavy (non-hydrogen) atoms. The molecule has 2 aromatic rings. The van der Waals surface area contributed by atoms with Gasteiger partial charge in [-0.3, -0.25) is 14.4 Å². The molecule has 0 atom stereocenters. The van der Waals surface area contributed by atoms with Crippen molar-refractivity contribution in [2.75, 3.05) is 38.7 Å². The monoisotopic (exact) mass is 460 g/mol. The van der Waals surface area contributed by atoms with Crippen LogP contribution in [0.3, 0.4) is 0 Å². The number of carbonyl (C=O) groups excluding carboxylic acids is 3. The van der Waals surface area contributed by atoms with E-state index in [1.807, 2.05) is 6.07 Å². The maximum atomic E-state index is 12.7. The number of benzene rings is 1. The van der Waals surface area contributed by atoms with Crippen LogP contribution in [0.5, 0.6) is 0 Å². The molecule has 0 aliphatic heterocycles. The van der Waals surface area contributed by atoms with E-state index in [4.69, 9.17) is 4.74 Å². The number of carbonyl (C=O) groups is 3. The number of anilines is 1. The second-order valence-electron chi connectivity index (χ2n) is 7.37. The van der Waals surface area contributed by atoms with Crippen molar-refractivity contribution in [3.63, 3.8) is 0 Å². The SMILES string of the molecule is CCCCCCNC(=O)Cc1csc(NC(=O)CN(CCOC)C(=O)c2ccccc2)n1. The van der Waals surface area contributed by atoms with E-state index in [0.29, 0.717) is 36.1 Å². The average molecular weight is 461 g/mol. The number of methoxy groups -OCH3 is 1. The lowest BCUT2D eigenvalue weighted by atomic mass is 10.2. The molecule has 1 aromatic carbocycles. The summed E-state index contributed by atoms with van der Waals surface area (Å²) in [6.07, 6.45) is 4.58. The molecule has 2 rings (SSSR count). The van der Waals surface area contributed by atoms with Crippen LogP contribution in [0, 0.1) is 0 Å². The van der Waals surface area contributed by atoms with Gasteiger partial charge in [-0.05, 0) is 18.6 Å². The second-order valence-corrected chi connectivity index (χ2v) is 8.22. The van der Waals surface area contributed by atoms with Crippen LogP contribution in [-0.4, -0.2) is 61.0 Å². The average Bonchev–Trinajstić information content (AvgIpc) is 3.22. The molecule has 0 unspecified atom stereocenters. The van der Waals surface area contributed by atoms with Crippen molar-refractivity contribution >= 4 is 34.2 Å². The molecule has 0 aliphatic carbocycles. The summed E-state index contributed by atoms with van der Waals surface area (Å²) in [5.74, 6) is -0.677. The lowest BCUT2D eigenvalue weighted by molar-refractivity contribution is -0.120. The first kappa shape index (κ1) is 25.5. The molecule has 0 spiro atoms. The molecular formula is C23H32N4O4S. The number of nitrogens with zero attached hydrogens (tertiary/aromatic N) is 2. The van der Waals surface area contributed by atoms with Crippen molar-refractivity contribution in [2.24, 2.45) is 0 Å². The van der Waals surface area contributed by atoms with Gasteiger partial charge in [-0.15, -0.1) is 11.3 Å². The number of ether oxygens (including phenoxy) is 1. The van der Waals surface area contributed by atoms with Crippen LogP contribution in [0.15, 0.2) is 35.7 Å². The number of hydrogen-bond acceptors (Lipinski definition) is 6. The van der Waals surface area contributed by atoms with E-state index in [1.54, 1.807) is 36.8 Å². The molecule has 0 aliphatic rings. The highest BCUT2D eigenvalue weighted by Crippen LogP contribution is 2.16. The maximum Gasteiger partial charge on any atom is 0.254 e. The standard InChI is InChI=1S/C23H32N4O4S/c1-3-4-5-9-12-24-20(28)15-19-17-32-23(25-19)26-21(29)16-27(13-14-31-2)22(30)18-10-7-6-8-11-18/h6-8,10-11,17H,3-5,9,12-16H2,1-2H3,(H,24,28)(H,25,26,29). The zero-order chi connectivity index (χ0) is 23.2. The van der Waals surface area contributed by atoms with Crippen LogP contribution in [0.2, 0.25) is 0 Å². The van der Waals surface area contributed by atoms with Crippen molar-refractivity contribution < 1.29 is 19.1 Å². The molecule has 0 bridgehead atoms. The highest BCUT2D eigenvalue weighted by Gasteiger charge is 2.19. The van der Waals surface area contributed by atoms with E-state index in [9.17, 15) is 14.4 Å². The normalized spacial score (nSPS) is 10.6. The van der Waals surface area contributed by atoms with Crippen molar-refractivity contribution in [1.82, 2.24) is 15.2 Å². The van der Waals surface area contributed by atoms with Crippen molar-refractivity contribution in [1.29, 1.82) is 0 Å². The summed E-state index contributed by atoms with van der Waals surface area (Å²) in [6.45, 7) is 3.30. The van der Waals surface area contributed by atoms with Crippen molar-refractivity contribution in [3.8, 4) is 0 Å². The van der Waals surface area contributed by atoms with Crippen LogP contribution in [0.4, 0.5) is 5.13 Å². The Labute approximate surface area is 193 Å². The quantitative estimate of drug-likeness (QED) is 0.422. The van der Waals surface area contributed by atoms with E-state index in [-0.39, 0.29) is 30.7 Å². The summed E-state index contributed by atoms with van der Waals surface area (Å²) in [5.41, 5.74) is 1.11. The largest absolute Gasteiger partial charge is 0.383 e. The van der Waals surface area contributed by atoms with Gasteiger partial charge < -0.3 is 20.3 Å². The molecule has 1 heterocycles. The molecule has 174 valence electrons. The smallest absolute Gasteiger partial charge is 0.254 e. The number of unbranched alkanes of at least 4 members (excludes halogenated alkanes) is 3. The van der Waals surface area contributed by atoms with Crippen molar-refractivity contribution in [2.45, 2.75) is 39.0 Å². The molecule has 8 nitrogen and oxygen atoms in total. The Hall–Kier alpha value is -2.78.